The molecule has 0 aliphatic heterocycles. The molecular weight excluding hydrogens is 302 g/mol. The first-order valence-corrected chi connectivity index (χ1v) is 9.02. The van der Waals surface area contributed by atoms with Crippen LogP contribution in [-0.4, -0.2) is 25.2 Å². The van der Waals surface area contributed by atoms with Gasteiger partial charge in [-0.05, 0) is 75.1 Å². The van der Waals surface area contributed by atoms with E-state index in [0.29, 0.717) is 12.5 Å². The number of carbonyl (C=O) groups is 1. The zero-order chi connectivity index (χ0) is 17.7. The Balaban J connectivity index is 2.13. The van der Waals surface area contributed by atoms with E-state index in [1.54, 1.807) is 7.11 Å². The average Bonchev–Trinajstić information content (AvgIpc) is 2.55. The van der Waals surface area contributed by atoms with Gasteiger partial charge in [0.2, 0.25) is 0 Å². The maximum absolute atomic E-state index is 12.8. The highest BCUT2D eigenvalue weighted by molar-refractivity contribution is 5.97. The summed E-state index contributed by atoms with van der Waals surface area (Å²) in [6.07, 6.45) is 4.61. The zero-order valence-corrected chi connectivity index (χ0v) is 15.7. The number of hydrogen-bond acceptors (Lipinski definition) is 3. The number of anilines is 1. The lowest BCUT2D eigenvalue weighted by molar-refractivity contribution is -0.142. The average molecular weight is 333 g/mol. The van der Waals surface area contributed by atoms with Gasteiger partial charge in [-0.2, -0.15) is 0 Å². The topological polar surface area (TPSA) is 47.6 Å². The standard InChI is InChI=1S/C20H31NO3/c1-6-11-24-18-15(3)12-17(13-16(18)4)21-19(22)20(23-5)9-7-14(2)8-10-20/h12-14H,6-11H2,1-5H3,(H,21,22). The van der Waals surface area contributed by atoms with Gasteiger partial charge in [-0.3, -0.25) is 4.79 Å². The van der Waals surface area contributed by atoms with E-state index in [4.69, 9.17) is 9.47 Å². The molecule has 1 amide bonds. The van der Waals surface area contributed by atoms with Crippen LogP contribution in [-0.2, 0) is 9.53 Å². The van der Waals surface area contributed by atoms with E-state index in [0.717, 1.165) is 54.7 Å². The number of methoxy groups -OCH3 is 1. The van der Waals surface area contributed by atoms with Crippen molar-refractivity contribution in [2.75, 3.05) is 19.0 Å². The first kappa shape index (κ1) is 18.8. The predicted octanol–water partition coefficient (Wildman–Crippen LogP) is 4.63. The minimum Gasteiger partial charge on any atom is -0.493 e. The Morgan fingerprint density at radius 2 is 1.83 bits per heavy atom. The number of nitrogens with one attached hydrogen (secondary N) is 1. The minimum atomic E-state index is -0.689. The van der Waals surface area contributed by atoms with Crippen molar-refractivity contribution in [2.24, 2.45) is 5.92 Å². The third-order valence-corrected chi connectivity index (χ3v) is 5.06. The molecular formula is C20H31NO3. The van der Waals surface area contributed by atoms with Crippen LogP contribution in [0.1, 0.15) is 57.1 Å². The molecule has 0 aromatic heterocycles. The summed E-state index contributed by atoms with van der Waals surface area (Å²) in [5, 5.41) is 3.06. The zero-order valence-electron chi connectivity index (χ0n) is 15.7. The molecule has 1 fully saturated rings. The van der Waals surface area contributed by atoms with Gasteiger partial charge in [0.15, 0.2) is 0 Å². The van der Waals surface area contributed by atoms with Crippen LogP contribution in [0.2, 0.25) is 0 Å². The first-order chi connectivity index (χ1) is 11.4. The lowest BCUT2D eigenvalue weighted by atomic mass is 9.79. The summed E-state index contributed by atoms with van der Waals surface area (Å²) in [4.78, 5) is 12.8. The molecule has 0 bridgehead atoms. The van der Waals surface area contributed by atoms with Gasteiger partial charge in [0, 0.05) is 12.8 Å². The van der Waals surface area contributed by atoms with Crippen LogP contribution in [0.5, 0.6) is 5.75 Å². The number of aryl methyl sites for hydroxylation is 2. The molecule has 4 nitrogen and oxygen atoms in total. The Kier molecular flexibility index (Phi) is 6.27. The lowest BCUT2D eigenvalue weighted by Crippen LogP contribution is -2.47. The molecule has 0 saturated heterocycles. The molecule has 0 spiro atoms. The quantitative estimate of drug-likeness (QED) is 0.826. The first-order valence-electron chi connectivity index (χ1n) is 9.02. The second kappa shape index (κ2) is 8.02. The fourth-order valence-electron chi connectivity index (χ4n) is 3.45. The van der Waals surface area contributed by atoms with Crippen LogP contribution < -0.4 is 10.1 Å². The van der Waals surface area contributed by atoms with Crippen LogP contribution in [0.4, 0.5) is 5.69 Å². The molecule has 1 aliphatic rings. The summed E-state index contributed by atoms with van der Waals surface area (Å²) in [5.41, 5.74) is 2.21. The minimum absolute atomic E-state index is 0.0297. The van der Waals surface area contributed by atoms with Crippen molar-refractivity contribution in [3.63, 3.8) is 0 Å². The number of hydrogen-bond donors (Lipinski definition) is 1. The second-order valence-corrected chi connectivity index (χ2v) is 7.12. The van der Waals surface area contributed by atoms with E-state index in [2.05, 4.69) is 19.2 Å². The Morgan fingerprint density at radius 3 is 2.33 bits per heavy atom. The fourth-order valence-corrected chi connectivity index (χ4v) is 3.45. The summed E-state index contributed by atoms with van der Waals surface area (Å²) >= 11 is 0. The van der Waals surface area contributed by atoms with Crippen LogP contribution >= 0.6 is 0 Å². The second-order valence-electron chi connectivity index (χ2n) is 7.12. The molecule has 2 rings (SSSR count). The highest BCUT2D eigenvalue weighted by atomic mass is 16.5. The molecule has 0 radical (unpaired) electrons. The SMILES string of the molecule is CCCOc1c(C)cc(NC(=O)C2(OC)CCC(C)CC2)cc1C. The third kappa shape index (κ3) is 4.10. The van der Waals surface area contributed by atoms with Crippen molar-refractivity contribution >= 4 is 11.6 Å². The third-order valence-electron chi connectivity index (χ3n) is 5.06. The molecule has 134 valence electrons. The molecule has 0 heterocycles. The largest absolute Gasteiger partial charge is 0.493 e. The van der Waals surface area contributed by atoms with Crippen molar-refractivity contribution in [1.29, 1.82) is 0 Å². The summed E-state index contributed by atoms with van der Waals surface area (Å²) in [6, 6.07) is 3.95. The van der Waals surface area contributed by atoms with E-state index in [1.807, 2.05) is 26.0 Å². The maximum atomic E-state index is 12.8. The van der Waals surface area contributed by atoms with Crippen LogP contribution in [0.15, 0.2) is 12.1 Å². The van der Waals surface area contributed by atoms with Gasteiger partial charge < -0.3 is 14.8 Å². The van der Waals surface area contributed by atoms with E-state index in [-0.39, 0.29) is 5.91 Å². The van der Waals surface area contributed by atoms with E-state index in [1.165, 1.54) is 0 Å². The molecule has 0 unspecified atom stereocenters. The van der Waals surface area contributed by atoms with Crippen molar-refractivity contribution in [3.8, 4) is 5.75 Å². The summed E-state index contributed by atoms with van der Waals surface area (Å²) in [6.45, 7) is 9.07. The monoisotopic (exact) mass is 333 g/mol. The highest BCUT2D eigenvalue weighted by Gasteiger charge is 2.41. The molecule has 1 N–H and O–H groups in total. The Morgan fingerprint density at radius 1 is 1.25 bits per heavy atom. The van der Waals surface area contributed by atoms with Crippen molar-refractivity contribution in [2.45, 2.75) is 65.4 Å². The van der Waals surface area contributed by atoms with Crippen LogP contribution in [0.25, 0.3) is 0 Å². The van der Waals surface area contributed by atoms with Crippen molar-refractivity contribution in [3.05, 3.63) is 23.3 Å². The summed E-state index contributed by atoms with van der Waals surface area (Å²) in [5.74, 6) is 1.56. The van der Waals surface area contributed by atoms with Crippen molar-refractivity contribution < 1.29 is 14.3 Å². The molecule has 1 aliphatic carbocycles. The van der Waals surface area contributed by atoms with E-state index in [9.17, 15) is 4.79 Å². The molecule has 1 saturated carbocycles. The van der Waals surface area contributed by atoms with Gasteiger partial charge in [0.1, 0.15) is 11.4 Å². The smallest absolute Gasteiger partial charge is 0.256 e. The van der Waals surface area contributed by atoms with Gasteiger partial charge in [0.25, 0.3) is 5.91 Å². The fraction of sp³-hybridized carbons (Fsp3) is 0.650. The Labute approximate surface area is 145 Å². The number of rotatable bonds is 6. The van der Waals surface area contributed by atoms with Gasteiger partial charge in [-0.15, -0.1) is 0 Å². The van der Waals surface area contributed by atoms with Gasteiger partial charge in [-0.25, -0.2) is 0 Å². The summed E-state index contributed by atoms with van der Waals surface area (Å²) < 4.78 is 11.5. The van der Waals surface area contributed by atoms with E-state index < -0.39 is 5.60 Å². The van der Waals surface area contributed by atoms with Crippen LogP contribution in [0, 0.1) is 19.8 Å². The Bertz CT molecular complexity index is 551. The molecule has 24 heavy (non-hydrogen) atoms. The number of amides is 1. The number of benzene rings is 1. The van der Waals surface area contributed by atoms with E-state index >= 15 is 0 Å². The Hall–Kier alpha value is -1.55. The molecule has 1 aromatic carbocycles. The molecule has 4 heteroatoms. The van der Waals surface area contributed by atoms with Crippen molar-refractivity contribution in [1.82, 2.24) is 0 Å². The highest BCUT2D eigenvalue weighted by Crippen LogP contribution is 2.36. The normalized spacial score (nSPS) is 23.8. The van der Waals surface area contributed by atoms with Gasteiger partial charge in [-0.1, -0.05) is 13.8 Å². The predicted molar refractivity (Wildman–Crippen MR) is 97.7 cm³/mol. The van der Waals surface area contributed by atoms with Crippen LogP contribution in [0.3, 0.4) is 0 Å². The maximum Gasteiger partial charge on any atom is 0.256 e. The molecule has 1 aromatic rings. The van der Waals surface area contributed by atoms with Gasteiger partial charge >= 0.3 is 0 Å². The van der Waals surface area contributed by atoms with Gasteiger partial charge in [0.05, 0.1) is 6.61 Å². The summed E-state index contributed by atoms with van der Waals surface area (Å²) in [7, 11) is 1.65. The number of carbonyl (C=O) groups excluding carboxylic acids is 1. The lowest BCUT2D eigenvalue weighted by Gasteiger charge is -2.36. The number of ether oxygens (including phenoxy) is 2. The molecule has 0 atom stereocenters.